The summed E-state index contributed by atoms with van der Waals surface area (Å²) >= 11 is 3.43. The zero-order valence-corrected chi connectivity index (χ0v) is 13.9. The lowest BCUT2D eigenvalue weighted by molar-refractivity contribution is 0.112. The van der Waals surface area contributed by atoms with E-state index >= 15 is 0 Å². The van der Waals surface area contributed by atoms with E-state index in [1.165, 1.54) is 12.8 Å². The molecule has 1 aromatic rings. The second kappa shape index (κ2) is 7.53. The van der Waals surface area contributed by atoms with Crippen LogP contribution in [-0.4, -0.2) is 30.1 Å². The van der Waals surface area contributed by atoms with E-state index in [9.17, 15) is 4.39 Å². The molecular formula is C16H24BrFN2. The number of hydrogen-bond acceptors (Lipinski definition) is 2. The fourth-order valence-electron chi connectivity index (χ4n) is 2.90. The van der Waals surface area contributed by atoms with E-state index in [1.807, 2.05) is 6.07 Å². The van der Waals surface area contributed by atoms with E-state index in [0.717, 1.165) is 29.5 Å². The molecular weight excluding hydrogens is 319 g/mol. The Kier molecular flexibility index (Phi) is 6.00. The van der Waals surface area contributed by atoms with Gasteiger partial charge in [0.25, 0.3) is 0 Å². The number of hydrogen-bond donors (Lipinski definition) is 1. The molecule has 0 spiro atoms. The molecule has 2 unspecified atom stereocenters. The maximum atomic E-state index is 14.0. The minimum Gasteiger partial charge on any atom is -0.311 e. The minimum atomic E-state index is -0.102. The summed E-state index contributed by atoms with van der Waals surface area (Å²) in [5, 5.41) is 3.60. The summed E-state index contributed by atoms with van der Waals surface area (Å²) in [5.74, 6) is -0.102. The SMILES string of the molecule is CCCC1CNC(CC)CN1Cc1cc(Br)ccc1F. The highest BCUT2D eigenvalue weighted by molar-refractivity contribution is 9.10. The van der Waals surface area contributed by atoms with Crippen molar-refractivity contribution >= 4 is 15.9 Å². The smallest absolute Gasteiger partial charge is 0.127 e. The Labute approximate surface area is 129 Å². The highest BCUT2D eigenvalue weighted by Crippen LogP contribution is 2.21. The maximum Gasteiger partial charge on any atom is 0.127 e. The number of piperazine rings is 1. The zero-order valence-electron chi connectivity index (χ0n) is 12.3. The number of halogens is 2. The minimum absolute atomic E-state index is 0.102. The third-order valence-electron chi connectivity index (χ3n) is 4.11. The Morgan fingerprint density at radius 1 is 1.40 bits per heavy atom. The van der Waals surface area contributed by atoms with Gasteiger partial charge in [0.05, 0.1) is 0 Å². The summed E-state index contributed by atoms with van der Waals surface area (Å²) in [6.45, 7) is 7.14. The van der Waals surface area contributed by atoms with Crippen LogP contribution in [0, 0.1) is 5.82 Å². The molecule has 1 aliphatic heterocycles. The van der Waals surface area contributed by atoms with Crippen LogP contribution in [0.2, 0.25) is 0 Å². The van der Waals surface area contributed by atoms with E-state index < -0.39 is 0 Å². The molecule has 0 aliphatic carbocycles. The Morgan fingerprint density at radius 3 is 2.90 bits per heavy atom. The predicted molar refractivity (Wildman–Crippen MR) is 85.3 cm³/mol. The van der Waals surface area contributed by atoms with Crippen molar-refractivity contribution in [1.29, 1.82) is 0 Å². The average Bonchev–Trinajstić information content (AvgIpc) is 2.45. The molecule has 1 saturated heterocycles. The van der Waals surface area contributed by atoms with Gasteiger partial charge in [-0.05, 0) is 31.0 Å². The van der Waals surface area contributed by atoms with Gasteiger partial charge in [-0.3, -0.25) is 4.90 Å². The molecule has 1 fully saturated rings. The van der Waals surface area contributed by atoms with Crippen LogP contribution >= 0.6 is 15.9 Å². The molecule has 112 valence electrons. The van der Waals surface area contributed by atoms with Crippen LogP contribution < -0.4 is 5.32 Å². The van der Waals surface area contributed by atoms with Gasteiger partial charge < -0.3 is 5.32 Å². The van der Waals surface area contributed by atoms with Gasteiger partial charge in [-0.25, -0.2) is 4.39 Å². The van der Waals surface area contributed by atoms with E-state index in [1.54, 1.807) is 12.1 Å². The van der Waals surface area contributed by atoms with Crippen LogP contribution in [-0.2, 0) is 6.54 Å². The molecule has 0 radical (unpaired) electrons. The predicted octanol–water partition coefficient (Wildman–Crippen LogP) is 3.94. The van der Waals surface area contributed by atoms with Crippen molar-refractivity contribution in [2.75, 3.05) is 13.1 Å². The number of nitrogens with one attached hydrogen (secondary N) is 1. The first-order chi connectivity index (χ1) is 9.63. The zero-order chi connectivity index (χ0) is 14.5. The van der Waals surface area contributed by atoms with Crippen molar-refractivity contribution in [3.63, 3.8) is 0 Å². The summed E-state index contributed by atoms with van der Waals surface area (Å²) < 4.78 is 14.9. The molecule has 1 heterocycles. The van der Waals surface area contributed by atoms with Crippen LogP contribution in [0.1, 0.15) is 38.7 Å². The number of benzene rings is 1. The Morgan fingerprint density at radius 2 is 2.20 bits per heavy atom. The molecule has 0 aromatic heterocycles. The fourth-order valence-corrected chi connectivity index (χ4v) is 3.31. The largest absolute Gasteiger partial charge is 0.311 e. The fraction of sp³-hybridized carbons (Fsp3) is 0.625. The molecule has 1 N–H and O–H groups in total. The first kappa shape index (κ1) is 15.9. The number of nitrogens with zero attached hydrogens (tertiary/aromatic N) is 1. The molecule has 2 rings (SSSR count). The molecule has 0 saturated carbocycles. The van der Waals surface area contributed by atoms with Crippen molar-refractivity contribution in [3.8, 4) is 0 Å². The van der Waals surface area contributed by atoms with Crippen LogP contribution in [0.15, 0.2) is 22.7 Å². The van der Waals surface area contributed by atoms with Gasteiger partial charge in [0, 0.05) is 41.8 Å². The third kappa shape index (κ3) is 4.03. The van der Waals surface area contributed by atoms with Crippen molar-refractivity contribution in [1.82, 2.24) is 10.2 Å². The average molecular weight is 343 g/mol. The van der Waals surface area contributed by atoms with Gasteiger partial charge in [-0.1, -0.05) is 36.2 Å². The standard InChI is InChI=1S/C16H24BrFN2/c1-3-5-15-9-19-14(4-2)11-20(15)10-12-8-13(17)6-7-16(12)18/h6-8,14-15,19H,3-5,9-11H2,1-2H3. The second-order valence-electron chi connectivity index (χ2n) is 5.62. The second-order valence-corrected chi connectivity index (χ2v) is 6.54. The van der Waals surface area contributed by atoms with Crippen LogP contribution in [0.25, 0.3) is 0 Å². The monoisotopic (exact) mass is 342 g/mol. The van der Waals surface area contributed by atoms with Crippen LogP contribution in [0.4, 0.5) is 4.39 Å². The van der Waals surface area contributed by atoms with Crippen LogP contribution in [0.3, 0.4) is 0 Å². The molecule has 1 aliphatic rings. The van der Waals surface area contributed by atoms with Gasteiger partial charge in [-0.15, -0.1) is 0 Å². The Hall–Kier alpha value is -0.450. The lowest BCUT2D eigenvalue weighted by Crippen LogP contribution is -2.55. The molecule has 0 bridgehead atoms. The maximum absolute atomic E-state index is 14.0. The molecule has 20 heavy (non-hydrogen) atoms. The highest BCUT2D eigenvalue weighted by atomic mass is 79.9. The third-order valence-corrected chi connectivity index (χ3v) is 4.60. The summed E-state index contributed by atoms with van der Waals surface area (Å²) in [7, 11) is 0. The van der Waals surface area contributed by atoms with E-state index in [4.69, 9.17) is 0 Å². The molecule has 0 amide bonds. The molecule has 1 aromatic carbocycles. The first-order valence-corrected chi connectivity index (χ1v) is 8.34. The first-order valence-electron chi connectivity index (χ1n) is 7.55. The Bertz CT molecular complexity index is 438. The van der Waals surface area contributed by atoms with Crippen molar-refractivity contribution in [3.05, 3.63) is 34.1 Å². The Balaban J connectivity index is 2.11. The van der Waals surface area contributed by atoms with Gasteiger partial charge >= 0.3 is 0 Å². The molecule has 2 atom stereocenters. The van der Waals surface area contributed by atoms with Gasteiger partial charge in [0.1, 0.15) is 5.82 Å². The normalized spacial score (nSPS) is 24.0. The summed E-state index contributed by atoms with van der Waals surface area (Å²) in [6.07, 6.45) is 3.45. The topological polar surface area (TPSA) is 15.3 Å². The van der Waals surface area contributed by atoms with Crippen molar-refractivity contribution < 1.29 is 4.39 Å². The van der Waals surface area contributed by atoms with Gasteiger partial charge in [0.2, 0.25) is 0 Å². The molecule has 2 nitrogen and oxygen atoms in total. The van der Waals surface area contributed by atoms with Crippen molar-refractivity contribution in [2.24, 2.45) is 0 Å². The summed E-state index contributed by atoms with van der Waals surface area (Å²) in [5.41, 5.74) is 0.789. The number of rotatable bonds is 5. The van der Waals surface area contributed by atoms with E-state index in [-0.39, 0.29) is 5.82 Å². The lowest BCUT2D eigenvalue weighted by Gasteiger charge is -2.40. The van der Waals surface area contributed by atoms with E-state index in [0.29, 0.717) is 18.6 Å². The summed E-state index contributed by atoms with van der Waals surface area (Å²) in [4.78, 5) is 2.44. The van der Waals surface area contributed by atoms with Gasteiger partial charge in [0.15, 0.2) is 0 Å². The van der Waals surface area contributed by atoms with E-state index in [2.05, 4.69) is 40.0 Å². The lowest BCUT2D eigenvalue weighted by atomic mass is 10.0. The van der Waals surface area contributed by atoms with Gasteiger partial charge in [-0.2, -0.15) is 0 Å². The summed E-state index contributed by atoms with van der Waals surface area (Å²) in [6, 6.07) is 6.25. The van der Waals surface area contributed by atoms with Crippen LogP contribution in [0.5, 0.6) is 0 Å². The molecule has 4 heteroatoms. The van der Waals surface area contributed by atoms with Crippen molar-refractivity contribution in [2.45, 2.75) is 51.7 Å². The quantitative estimate of drug-likeness (QED) is 0.871. The highest BCUT2D eigenvalue weighted by Gasteiger charge is 2.26.